The van der Waals surface area contributed by atoms with Crippen molar-refractivity contribution in [1.29, 1.82) is 0 Å². The number of hydrogen-bond acceptors (Lipinski definition) is 11. The van der Waals surface area contributed by atoms with Crippen molar-refractivity contribution in [2.24, 2.45) is 11.8 Å². The lowest BCUT2D eigenvalue weighted by Crippen LogP contribution is -2.29. The van der Waals surface area contributed by atoms with E-state index in [0.717, 1.165) is 109 Å². The van der Waals surface area contributed by atoms with Crippen LogP contribution >= 0.6 is 0 Å². The highest BCUT2D eigenvalue weighted by Gasteiger charge is 2.30. The molecule has 0 radical (unpaired) electrons. The summed E-state index contributed by atoms with van der Waals surface area (Å²) in [5.74, 6) is 6.24. The first kappa shape index (κ1) is 55.7. The Morgan fingerprint density at radius 1 is 0.485 bits per heavy atom. The fourth-order valence-corrected chi connectivity index (χ4v) is 8.75. The fourth-order valence-electron chi connectivity index (χ4n) is 8.75. The first-order valence-electron chi connectivity index (χ1n) is 25.8. The fraction of sp³-hybridized carbons (Fsp3) is 0.614. The number of ether oxygens (including phenoxy) is 7. The monoisotopic (exact) mass is 941 g/mol. The van der Waals surface area contributed by atoms with Gasteiger partial charge in [0.2, 0.25) is 0 Å². The number of rotatable bonds is 33. The summed E-state index contributed by atoms with van der Waals surface area (Å²) in [4.78, 5) is 48.2. The van der Waals surface area contributed by atoms with Crippen LogP contribution in [0.2, 0.25) is 0 Å². The molecule has 11 heteroatoms. The van der Waals surface area contributed by atoms with Gasteiger partial charge in [0.1, 0.15) is 5.75 Å². The molecule has 0 aromatic heterocycles. The molecule has 0 aliphatic heterocycles. The molecule has 0 unspecified atom stereocenters. The molecule has 2 fully saturated rings. The molecule has 0 saturated heterocycles. The molecular formula is C57H80O11. The van der Waals surface area contributed by atoms with E-state index >= 15 is 0 Å². The van der Waals surface area contributed by atoms with Crippen molar-refractivity contribution in [3.05, 3.63) is 78.9 Å². The molecule has 2 aromatic rings. The van der Waals surface area contributed by atoms with E-state index in [-0.39, 0.29) is 47.9 Å². The van der Waals surface area contributed by atoms with Gasteiger partial charge >= 0.3 is 23.9 Å². The van der Waals surface area contributed by atoms with E-state index in [9.17, 15) is 19.2 Å². The third-order valence-electron chi connectivity index (χ3n) is 12.9. The maximum atomic E-state index is 13.2. The first-order valence-corrected chi connectivity index (χ1v) is 25.8. The molecular weight excluding hydrogens is 861 g/mol. The van der Waals surface area contributed by atoms with Gasteiger partial charge in [0.25, 0.3) is 0 Å². The van der Waals surface area contributed by atoms with E-state index in [1.165, 1.54) is 89.2 Å². The highest BCUT2D eigenvalue weighted by Crippen LogP contribution is 2.33. The molecule has 0 bridgehead atoms. The second kappa shape index (κ2) is 34.4. The minimum absolute atomic E-state index is 0.122. The summed E-state index contributed by atoms with van der Waals surface area (Å²) in [6, 6.07) is 12.5. The Hall–Kier alpha value is -4.92. The molecule has 2 aliphatic rings. The van der Waals surface area contributed by atoms with Crippen molar-refractivity contribution < 1.29 is 52.3 Å². The minimum Gasteiger partial charge on any atom is -0.493 e. The van der Waals surface area contributed by atoms with Gasteiger partial charge in [0.05, 0.1) is 44.4 Å². The van der Waals surface area contributed by atoms with Gasteiger partial charge in [-0.05, 0) is 120 Å². The molecule has 0 amide bonds. The number of methoxy groups -OCH3 is 1. The van der Waals surface area contributed by atoms with Gasteiger partial charge < -0.3 is 33.2 Å². The van der Waals surface area contributed by atoms with Gasteiger partial charge in [-0.3, -0.25) is 9.59 Å². The van der Waals surface area contributed by atoms with Crippen LogP contribution in [0.3, 0.4) is 0 Å². The average Bonchev–Trinajstić information content (AvgIpc) is 3.36. The molecule has 0 N–H and O–H groups in total. The Morgan fingerprint density at radius 3 is 1.29 bits per heavy atom. The van der Waals surface area contributed by atoms with E-state index in [1.807, 2.05) is 18.2 Å². The maximum absolute atomic E-state index is 13.2. The van der Waals surface area contributed by atoms with E-state index in [0.29, 0.717) is 36.0 Å². The molecule has 374 valence electrons. The van der Waals surface area contributed by atoms with Gasteiger partial charge in [-0.1, -0.05) is 115 Å². The molecule has 0 spiro atoms. The second-order valence-corrected chi connectivity index (χ2v) is 18.3. The lowest BCUT2D eigenvalue weighted by molar-refractivity contribution is -0.142. The summed E-state index contributed by atoms with van der Waals surface area (Å²) in [6.45, 7) is 9.31. The zero-order chi connectivity index (χ0) is 48.4. The number of carbonyl (C=O) groups is 4. The third-order valence-corrected chi connectivity index (χ3v) is 12.9. The summed E-state index contributed by atoms with van der Waals surface area (Å²) < 4.78 is 39.5. The Labute approximate surface area is 407 Å². The lowest BCUT2D eigenvalue weighted by atomic mass is 9.87. The average molecular weight is 941 g/mol. The van der Waals surface area contributed by atoms with E-state index in [1.54, 1.807) is 31.4 Å². The van der Waals surface area contributed by atoms with Crippen LogP contribution in [-0.2, 0) is 38.1 Å². The summed E-state index contributed by atoms with van der Waals surface area (Å²) in [5, 5.41) is 0. The Kier molecular flexibility index (Phi) is 28.1. The van der Waals surface area contributed by atoms with Gasteiger partial charge in [0, 0.05) is 36.5 Å². The quantitative estimate of drug-likeness (QED) is 0.0223. The van der Waals surface area contributed by atoms with Gasteiger partial charge in [-0.15, -0.1) is 0 Å². The van der Waals surface area contributed by atoms with Crippen LogP contribution in [0.1, 0.15) is 178 Å². The molecule has 68 heavy (non-hydrogen) atoms. The van der Waals surface area contributed by atoms with E-state index in [2.05, 4.69) is 25.0 Å². The number of unbranched alkanes of at least 4 members (excludes halogenated alkanes) is 16. The van der Waals surface area contributed by atoms with E-state index in [4.69, 9.17) is 33.2 Å². The first-order chi connectivity index (χ1) is 33.3. The van der Waals surface area contributed by atoms with Crippen LogP contribution in [0.25, 0.3) is 0 Å². The Bertz CT molecular complexity index is 1840. The smallest absolute Gasteiger partial charge is 0.330 e. The topological polar surface area (TPSA) is 133 Å². The van der Waals surface area contributed by atoms with Crippen molar-refractivity contribution in [3.8, 4) is 29.1 Å². The molecule has 0 heterocycles. The standard InChI is InChI=1S/C57H80O11/c1-4-54(58)65-42-22-18-14-10-6-8-12-16-20-40-63-49-35-29-47(30-36-49)56(60)67-51-33-26-45(27-34-51)24-25-46-28-39-52(53(44-46)62-3)68-57(61)48-31-37-50(38-32-48)64-41-21-17-13-9-7-11-15-19-23-43-66-55(59)5-2/h4-5,26-28,33-34,39,44,47-50H,1-2,6-23,29-32,35-38,40-43H2,3H3. The highest BCUT2D eigenvalue weighted by molar-refractivity contribution is 5.81. The Balaban J connectivity index is 1.02. The molecule has 2 aromatic carbocycles. The van der Waals surface area contributed by atoms with E-state index < -0.39 is 0 Å². The molecule has 2 saturated carbocycles. The lowest BCUT2D eigenvalue weighted by Gasteiger charge is -2.27. The summed E-state index contributed by atoms with van der Waals surface area (Å²) in [6.07, 6.45) is 30.0. The normalized spacial score (nSPS) is 17.8. The predicted octanol–water partition coefficient (Wildman–Crippen LogP) is 12.5. The van der Waals surface area contributed by atoms with Crippen LogP contribution in [0.15, 0.2) is 67.8 Å². The van der Waals surface area contributed by atoms with Crippen LogP contribution in [0, 0.1) is 23.7 Å². The van der Waals surface area contributed by atoms with Crippen LogP contribution in [0.4, 0.5) is 0 Å². The number of benzene rings is 2. The largest absolute Gasteiger partial charge is 0.493 e. The highest BCUT2D eigenvalue weighted by atomic mass is 16.6. The second-order valence-electron chi connectivity index (χ2n) is 18.3. The number of carbonyl (C=O) groups excluding carboxylic acids is 4. The van der Waals surface area contributed by atoms with Crippen LogP contribution in [0.5, 0.6) is 17.2 Å². The molecule has 4 rings (SSSR count). The zero-order valence-electron chi connectivity index (χ0n) is 41.1. The SMILES string of the molecule is C=CC(=O)OCCCCCCCCCCCOC1CCC(C(=O)Oc2ccc(C#Cc3ccc(OC(=O)C4CCC(OCCCCCCCCCCCOC(=O)C=C)CC4)c(OC)c3)cc2)CC1. The summed E-state index contributed by atoms with van der Waals surface area (Å²) in [7, 11) is 1.55. The number of hydrogen-bond donors (Lipinski definition) is 0. The van der Waals surface area contributed by atoms with Crippen molar-refractivity contribution in [2.45, 2.75) is 179 Å². The van der Waals surface area contributed by atoms with Crippen LogP contribution in [-0.4, -0.2) is 69.6 Å². The summed E-state index contributed by atoms with van der Waals surface area (Å²) in [5.41, 5.74) is 1.49. The van der Waals surface area contributed by atoms with Crippen molar-refractivity contribution in [1.82, 2.24) is 0 Å². The predicted molar refractivity (Wildman–Crippen MR) is 265 cm³/mol. The molecule has 2 aliphatic carbocycles. The van der Waals surface area contributed by atoms with Crippen molar-refractivity contribution in [3.63, 3.8) is 0 Å². The molecule has 0 atom stereocenters. The third kappa shape index (κ3) is 23.4. The zero-order valence-corrected chi connectivity index (χ0v) is 41.1. The Morgan fingerprint density at radius 2 is 0.868 bits per heavy atom. The maximum Gasteiger partial charge on any atom is 0.330 e. The van der Waals surface area contributed by atoms with Gasteiger partial charge in [0.15, 0.2) is 11.5 Å². The van der Waals surface area contributed by atoms with Gasteiger partial charge in [-0.25, -0.2) is 9.59 Å². The van der Waals surface area contributed by atoms with Crippen LogP contribution < -0.4 is 14.2 Å². The number of esters is 4. The summed E-state index contributed by atoms with van der Waals surface area (Å²) >= 11 is 0. The molecule has 11 nitrogen and oxygen atoms in total. The van der Waals surface area contributed by atoms with Crippen molar-refractivity contribution >= 4 is 23.9 Å². The van der Waals surface area contributed by atoms with Gasteiger partial charge in [-0.2, -0.15) is 0 Å². The van der Waals surface area contributed by atoms with Crippen molar-refractivity contribution in [2.75, 3.05) is 33.5 Å². The minimum atomic E-state index is -0.345.